The number of nitrogens with zero attached hydrogens (tertiary/aromatic N) is 1. The molecule has 1 heterocycles. The highest BCUT2D eigenvalue weighted by molar-refractivity contribution is 5.90. The van der Waals surface area contributed by atoms with Crippen LogP contribution in [0.3, 0.4) is 0 Å². The molecule has 164 valence electrons. The minimum atomic E-state index is -0.573. The number of amides is 2. The SMILES string of the molecule is CC(=O)NC[C@H]1CN(c2ccc(-c3ccc(NC/C(=C/N)NN)cc3)c(F)c2)C(=O)O1. The molecule has 0 aromatic heterocycles. The van der Waals surface area contributed by atoms with Gasteiger partial charge in [0, 0.05) is 24.4 Å². The first-order chi connectivity index (χ1) is 14.9. The molecule has 1 aliphatic rings. The van der Waals surface area contributed by atoms with Gasteiger partial charge in [0.15, 0.2) is 0 Å². The number of benzene rings is 2. The van der Waals surface area contributed by atoms with E-state index in [0.717, 1.165) is 5.69 Å². The van der Waals surface area contributed by atoms with Crippen molar-refractivity contribution in [2.24, 2.45) is 11.6 Å². The highest BCUT2D eigenvalue weighted by atomic mass is 19.1. The standard InChI is InChI=1S/C21H25FN6O3/c1-13(29)25-11-18-12-28(21(30)31-18)17-6-7-19(20(22)8-17)14-2-4-15(5-3-14)26-10-16(9-23)27-24/h2-9,18,26-27H,10-12,23-24H2,1H3,(H,25,29)/b16-9-/t18-/m0/s1. The first kappa shape index (κ1) is 21.9. The van der Waals surface area contributed by atoms with Gasteiger partial charge in [0.25, 0.3) is 0 Å². The second-order valence-corrected chi connectivity index (χ2v) is 6.98. The van der Waals surface area contributed by atoms with E-state index >= 15 is 0 Å². The van der Waals surface area contributed by atoms with Crippen molar-refractivity contribution in [1.29, 1.82) is 0 Å². The number of carbonyl (C=O) groups is 2. The van der Waals surface area contributed by atoms with Gasteiger partial charge in [-0.25, -0.2) is 9.18 Å². The number of nitrogens with two attached hydrogens (primary N) is 2. The largest absolute Gasteiger partial charge is 0.442 e. The Morgan fingerprint density at radius 3 is 2.65 bits per heavy atom. The van der Waals surface area contributed by atoms with Crippen LogP contribution in [0.2, 0.25) is 0 Å². The molecule has 0 unspecified atom stereocenters. The molecule has 31 heavy (non-hydrogen) atoms. The van der Waals surface area contributed by atoms with Gasteiger partial charge in [-0.3, -0.25) is 15.5 Å². The summed E-state index contributed by atoms with van der Waals surface area (Å²) >= 11 is 0. The topological polar surface area (TPSA) is 135 Å². The minimum absolute atomic E-state index is 0.210. The Morgan fingerprint density at radius 2 is 2.03 bits per heavy atom. The fourth-order valence-electron chi connectivity index (χ4n) is 3.13. The number of hydrazine groups is 1. The van der Waals surface area contributed by atoms with Gasteiger partial charge in [0.05, 0.1) is 31.0 Å². The highest BCUT2D eigenvalue weighted by Crippen LogP contribution is 2.29. The Morgan fingerprint density at radius 1 is 1.29 bits per heavy atom. The molecule has 1 atom stereocenters. The first-order valence-electron chi connectivity index (χ1n) is 9.65. The van der Waals surface area contributed by atoms with Crippen LogP contribution in [0.5, 0.6) is 0 Å². The Hall–Kier alpha value is -3.79. The van der Waals surface area contributed by atoms with Crippen LogP contribution in [0.1, 0.15) is 6.92 Å². The maximum atomic E-state index is 14.8. The van der Waals surface area contributed by atoms with Crippen LogP contribution >= 0.6 is 0 Å². The van der Waals surface area contributed by atoms with Crippen molar-refractivity contribution in [3.05, 3.63) is 60.2 Å². The molecule has 0 bridgehead atoms. The van der Waals surface area contributed by atoms with Crippen molar-refractivity contribution >= 4 is 23.4 Å². The normalized spacial score (nSPS) is 16.1. The Kier molecular flexibility index (Phi) is 6.93. The van der Waals surface area contributed by atoms with Gasteiger partial charge in [-0.05, 0) is 35.9 Å². The molecule has 9 nitrogen and oxygen atoms in total. The van der Waals surface area contributed by atoms with E-state index in [1.165, 1.54) is 24.1 Å². The van der Waals surface area contributed by atoms with Gasteiger partial charge < -0.3 is 26.5 Å². The van der Waals surface area contributed by atoms with Gasteiger partial charge >= 0.3 is 6.09 Å². The summed E-state index contributed by atoms with van der Waals surface area (Å²) in [6, 6.07) is 11.8. The number of halogens is 1. The molecule has 7 N–H and O–H groups in total. The fourth-order valence-corrected chi connectivity index (χ4v) is 3.13. The predicted molar refractivity (Wildman–Crippen MR) is 116 cm³/mol. The van der Waals surface area contributed by atoms with Gasteiger partial charge in [-0.1, -0.05) is 12.1 Å². The molecular weight excluding hydrogens is 403 g/mol. The average Bonchev–Trinajstić information content (AvgIpc) is 3.14. The summed E-state index contributed by atoms with van der Waals surface area (Å²) < 4.78 is 20.0. The lowest BCUT2D eigenvalue weighted by Crippen LogP contribution is -2.33. The van der Waals surface area contributed by atoms with E-state index in [-0.39, 0.29) is 19.0 Å². The molecule has 0 aliphatic carbocycles. The summed E-state index contributed by atoms with van der Waals surface area (Å²) in [5.41, 5.74) is 10.8. The second kappa shape index (κ2) is 9.81. The number of hydrogen-bond acceptors (Lipinski definition) is 7. The lowest BCUT2D eigenvalue weighted by Gasteiger charge is -2.15. The third-order valence-corrected chi connectivity index (χ3v) is 4.78. The van der Waals surface area contributed by atoms with Gasteiger partial charge in [0.1, 0.15) is 11.9 Å². The molecule has 2 aromatic carbocycles. The maximum absolute atomic E-state index is 14.8. The van der Waals surface area contributed by atoms with Crippen LogP contribution in [0, 0.1) is 5.82 Å². The van der Waals surface area contributed by atoms with Gasteiger partial charge in [0.2, 0.25) is 5.91 Å². The number of anilines is 2. The van der Waals surface area contributed by atoms with Crippen LogP contribution in [0.25, 0.3) is 11.1 Å². The summed E-state index contributed by atoms with van der Waals surface area (Å²) in [5, 5.41) is 5.75. The average molecular weight is 428 g/mol. The van der Waals surface area contributed by atoms with E-state index in [2.05, 4.69) is 16.1 Å². The second-order valence-electron chi connectivity index (χ2n) is 6.98. The van der Waals surface area contributed by atoms with E-state index in [1.807, 2.05) is 12.1 Å². The number of nitrogens with one attached hydrogen (secondary N) is 3. The number of carbonyl (C=O) groups excluding carboxylic acids is 2. The van der Waals surface area contributed by atoms with Gasteiger partial charge in [-0.2, -0.15) is 0 Å². The van der Waals surface area contributed by atoms with E-state index in [4.69, 9.17) is 16.3 Å². The van der Waals surface area contributed by atoms with E-state index in [1.54, 1.807) is 24.3 Å². The molecule has 1 aliphatic heterocycles. The van der Waals surface area contributed by atoms with Crippen molar-refractivity contribution in [2.45, 2.75) is 13.0 Å². The molecule has 1 saturated heterocycles. The first-order valence-corrected chi connectivity index (χ1v) is 9.65. The molecule has 2 amide bonds. The molecule has 0 saturated carbocycles. The zero-order valence-electron chi connectivity index (χ0n) is 17.0. The lowest BCUT2D eigenvalue weighted by molar-refractivity contribution is -0.119. The van der Waals surface area contributed by atoms with Crippen molar-refractivity contribution in [2.75, 3.05) is 29.9 Å². The zero-order chi connectivity index (χ0) is 22.4. The van der Waals surface area contributed by atoms with Crippen LogP contribution in [0.4, 0.5) is 20.6 Å². The fraction of sp³-hybridized carbons (Fsp3) is 0.238. The molecular formula is C21H25FN6O3. The predicted octanol–water partition coefficient (Wildman–Crippen LogP) is 1.63. The van der Waals surface area contributed by atoms with E-state index < -0.39 is 18.0 Å². The Balaban J connectivity index is 1.68. The summed E-state index contributed by atoms with van der Waals surface area (Å²) in [6.07, 6.45) is 0.315. The van der Waals surface area contributed by atoms with Crippen molar-refractivity contribution in [1.82, 2.24) is 10.7 Å². The van der Waals surface area contributed by atoms with Crippen LogP contribution in [-0.2, 0) is 9.53 Å². The van der Waals surface area contributed by atoms with Gasteiger partial charge in [-0.15, -0.1) is 0 Å². The van der Waals surface area contributed by atoms with Crippen molar-refractivity contribution < 1.29 is 18.7 Å². The maximum Gasteiger partial charge on any atom is 0.414 e. The smallest absolute Gasteiger partial charge is 0.414 e. The Bertz CT molecular complexity index is 980. The quantitative estimate of drug-likeness (QED) is 0.319. The van der Waals surface area contributed by atoms with Crippen LogP contribution < -0.4 is 32.5 Å². The third-order valence-electron chi connectivity index (χ3n) is 4.78. The molecule has 1 fully saturated rings. The number of ether oxygens (including phenoxy) is 1. The monoisotopic (exact) mass is 428 g/mol. The minimum Gasteiger partial charge on any atom is -0.442 e. The number of hydrogen-bond donors (Lipinski definition) is 5. The molecule has 2 aromatic rings. The third kappa shape index (κ3) is 5.43. The van der Waals surface area contributed by atoms with Crippen LogP contribution in [-0.4, -0.2) is 37.7 Å². The molecule has 0 radical (unpaired) electrons. The van der Waals surface area contributed by atoms with Crippen molar-refractivity contribution in [3.8, 4) is 11.1 Å². The van der Waals surface area contributed by atoms with Crippen molar-refractivity contribution in [3.63, 3.8) is 0 Å². The highest BCUT2D eigenvalue weighted by Gasteiger charge is 2.32. The number of cyclic esters (lactones) is 1. The molecule has 10 heteroatoms. The summed E-state index contributed by atoms with van der Waals surface area (Å²) in [7, 11) is 0. The van der Waals surface area contributed by atoms with Crippen LogP contribution in [0.15, 0.2) is 54.4 Å². The zero-order valence-corrected chi connectivity index (χ0v) is 17.0. The molecule has 0 spiro atoms. The Labute approximate surface area is 179 Å². The summed E-state index contributed by atoms with van der Waals surface area (Å²) in [5.74, 6) is 4.66. The van der Waals surface area contributed by atoms with E-state index in [9.17, 15) is 14.0 Å². The van der Waals surface area contributed by atoms with E-state index in [0.29, 0.717) is 29.1 Å². The lowest BCUT2D eigenvalue weighted by atomic mass is 10.0. The number of rotatable bonds is 8. The summed E-state index contributed by atoms with van der Waals surface area (Å²) in [6.45, 7) is 2.25. The molecule has 3 rings (SSSR count). The summed E-state index contributed by atoms with van der Waals surface area (Å²) in [4.78, 5) is 24.5.